The highest BCUT2D eigenvalue weighted by Gasteiger charge is 2.02. The highest BCUT2D eigenvalue weighted by atomic mass is 14.1. The van der Waals surface area contributed by atoms with Crippen molar-refractivity contribution >= 4 is 11.1 Å². The maximum atomic E-state index is 2.20. The van der Waals surface area contributed by atoms with Gasteiger partial charge >= 0.3 is 0 Å². The molecular formula is C22H32. The molecule has 0 atom stereocenters. The Hall–Kier alpha value is -1.82. The molecule has 0 aliphatic carbocycles. The van der Waals surface area contributed by atoms with Gasteiger partial charge in [-0.05, 0) is 50.0 Å². The average Bonchev–Trinajstić information content (AvgIpc) is 2.58. The number of hydrogen-bond donors (Lipinski definition) is 0. The predicted octanol–water partition coefficient (Wildman–Crippen LogP) is 7.31. The molecule has 2 aromatic carbocycles. The van der Waals surface area contributed by atoms with Crippen LogP contribution in [0.25, 0.3) is 11.1 Å². The molecule has 2 aromatic rings. The third-order valence-corrected chi connectivity index (χ3v) is 3.53. The third kappa shape index (κ3) is 5.89. The van der Waals surface area contributed by atoms with E-state index in [4.69, 9.17) is 0 Å². The zero-order chi connectivity index (χ0) is 17.1. The van der Waals surface area contributed by atoms with Crippen molar-refractivity contribution < 1.29 is 0 Å². The van der Waals surface area contributed by atoms with E-state index in [0.29, 0.717) is 0 Å². The Morgan fingerprint density at radius 2 is 0.727 bits per heavy atom. The summed E-state index contributed by atoms with van der Waals surface area (Å²) < 4.78 is 0. The highest BCUT2D eigenvalue weighted by molar-refractivity contribution is 5.88. The van der Waals surface area contributed by atoms with Crippen LogP contribution in [0.5, 0.6) is 0 Å². The van der Waals surface area contributed by atoms with E-state index < -0.39 is 0 Å². The van der Waals surface area contributed by atoms with Gasteiger partial charge in [0.1, 0.15) is 0 Å². The fourth-order valence-corrected chi connectivity index (χ4v) is 2.04. The summed E-state index contributed by atoms with van der Waals surface area (Å²) in [4.78, 5) is 0. The molecule has 0 amide bonds. The molecule has 0 aliphatic heterocycles. The Labute approximate surface area is 137 Å². The molecule has 0 saturated heterocycles. The Kier molecular flexibility index (Phi) is 9.95. The first-order valence-corrected chi connectivity index (χ1v) is 8.39. The molecule has 0 bridgehead atoms. The highest BCUT2D eigenvalue weighted by Crippen LogP contribution is 2.25. The van der Waals surface area contributed by atoms with Crippen LogP contribution < -0.4 is 0 Å². The molecule has 0 radical (unpaired) electrons. The summed E-state index contributed by atoms with van der Waals surface area (Å²) in [7, 11) is 0. The van der Waals surface area contributed by atoms with Crippen LogP contribution in [-0.4, -0.2) is 0 Å². The van der Waals surface area contributed by atoms with Crippen LogP contribution in [-0.2, 0) is 0 Å². The van der Waals surface area contributed by atoms with Crippen molar-refractivity contribution in [1.82, 2.24) is 0 Å². The molecule has 0 unspecified atom stereocenters. The Balaban J connectivity index is 0.00000102. The monoisotopic (exact) mass is 296 g/mol. The van der Waals surface area contributed by atoms with Gasteiger partial charge < -0.3 is 0 Å². The average molecular weight is 296 g/mol. The third-order valence-electron chi connectivity index (χ3n) is 3.53. The molecule has 0 spiro atoms. The normalized spacial score (nSPS) is 10.5. The minimum atomic E-state index is 1.30. The van der Waals surface area contributed by atoms with Crippen molar-refractivity contribution in [3.63, 3.8) is 0 Å². The van der Waals surface area contributed by atoms with Crippen LogP contribution in [0.4, 0.5) is 0 Å². The SMILES string of the molecule is C/C(=C(\C)c1ccc(C)cc1)c1ccc(C)cc1.CC.CC. The van der Waals surface area contributed by atoms with Crippen LogP contribution in [0.2, 0.25) is 0 Å². The number of aryl methyl sites for hydroxylation is 2. The van der Waals surface area contributed by atoms with E-state index in [-0.39, 0.29) is 0 Å². The lowest BCUT2D eigenvalue weighted by Gasteiger charge is -2.09. The van der Waals surface area contributed by atoms with Crippen molar-refractivity contribution in [2.45, 2.75) is 55.4 Å². The van der Waals surface area contributed by atoms with Gasteiger partial charge in [-0.15, -0.1) is 0 Å². The molecular weight excluding hydrogens is 264 g/mol. The summed E-state index contributed by atoms with van der Waals surface area (Å²) in [6.45, 7) is 16.6. The van der Waals surface area contributed by atoms with E-state index in [1.165, 1.54) is 33.4 Å². The van der Waals surface area contributed by atoms with E-state index >= 15 is 0 Å². The molecule has 0 aromatic heterocycles. The van der Waals surface area contributed by atoms with Crippen LogP contribution in [0, 0.1) is 13.8 Å². The predicted molar refractivity (Wildman–Crippen MR) is 103 cm³/mol. The number of allylic oxidation sites excluding steroid dienone is 2. The van der Waals surface area contributed by atoms with Crippen molar-refractivity contribution in [2.24, 2.45) is 0 Å². The number of hydrogen-bond acceptors (Lipinski definition) is 0. The van der Waals surface area contributed by atoms with Gasteiger partial charge in [-0.2, -0.15) is 0 Å². The molecule has 0 heterocycles. The second kappa shape index (κ2) is 10.8. The van der Waals surface area contributed by atoms with E-state index in [1.807, 2.05) is 27.7 Å². The second-order valence-corrected chi connectivity index (χ2v) is 4.98. The van der Waals surface area contributed by atoms with Gasteiger partial charge in [-0.25, -0.2) is 0 Å². The molecule has 22 heavy (non-hydrogen) atoms. The molecule has 2 rings (SSSR count). The Morgan fingerprint density at radius 3 is 0.955 bits per heavy atom. The van der Waals surface area contributed by atoms with Crippen LogP contribution in [0.15, 0.2) is 48.5 Å². The summed E-state index contributed by atoms with van der Waals surface area (Å²) in [6, 6.07) is 17.5. The first-order valence-electron chi connectivity index (χ1n) is 8.39. The molecule has 0 fully saturated rings. The summed E-state index contributed by atoms with van der Waals surface area (Å²) in [6.07, 6.45) is 0. The molecule has 120 valence electrons. The van der Waals surface area contributed by atoms with E-state index in [1.54, 1.807) is 0 Å². The standard InChI is InChI=1S/C18H20.2C2H6/c1-13-5-9-17(10-6-13)15(3)16(4)18-11-7-14(2)8-12-18;2*1-2/h5-12H,1-4H3;2*1-2H3/b16-15-;;. The van der Waals surface area contributed by atoms with Gasteiger partial charge in [-0.3, -0.25) is 0 Å². The number of benzene rings is 2. The van der Waals surface area contributed by atoms with Gasteiger partial charge in [0.15, 0.2) is 0 Å². The second-order valence-electron chi connectivity index (χ2n) is 4.98. The van der Waals surface area contributed by atoms with Gasteiger partial charge in [0.2, 0.25) is 0 Å². The van der Waals surface area contributed by atoms with Crippen molar-refractivity contribution in [2.75, 3.05) is 0 Å². The quantitative estimate of drug-likeness (QED) is 0.510. The summed E-state index contributed by atoms with van der Waals surface area (Å²) in [5, 5.41) is 0. The lowest BCUT2D eigenvalue weighted by atomic mass is 9.96. The van der Waals surface area contributed by atoms with E-state index in [9.17, 15) is 0 Å². The molecule has 0 N–H and O–H groups in total. The summed E-state index contributed by atoms with van der Waals surface area (Å²) in [5.41, 5.74) is 7.91. The minimum absolute atomic E-state index is 1.30. The largest absolute Gasteiger partial charge is 0.0683 e. The molecule has 0 saturated carbocycles. The summed E-state index contributed by atoms with van der Waals surface area (Å²) >= 11 is 0. The van der Waals surface area contributed by atoms with Crippen LogP contribution in [0.3, 0.4) is 0 Å². The maximum Gasteiger partial charge on any atom is -0.0224 e. The minimum Gasteiger partial charge on any atom is -0.0683 e. The van der Waals surface area contributed by atoms with E-state index in [2.05, 4.69) is 76.2 Å². The Bertz CT molecular complexity index is 500. The lowest BCUT2D eigenvalue weighted by molar-refractivity contribution is 1.42. The van der Waals surface area contributed by atoms with Crippen molar-refractivity contribution in [3.8, 4) is 0 Å². The molecule has 0 aliphatic rings. The van der Waals surface area contributed by atoms with Crippen LogP contribution in [0.1, 0.15) is 63.8 Å². The van der Waals surface area contributed by atoms with Gasteiger partial charge in [-0.1, -0.05) is 87.4 Å². The fraction of sp³-hybridized carbons (Fsp3) is 0.364. The molecule has 0 nitrogen and oxygen atoms in total. The van der Waals surface area contributed by atoms with Gasteiger partial charge in [0.25, 0.3) is 0 Å². The smallest absolute Gasteiger partial charge is 0.0224 e. The van der Waals surface area contributed by atoms with Crippen LogP contribution >= 0.6 is 0 Å². The first kappa shape index (κ1) is 20.2. The van der Waals surface area contributed by atoms with Gasteiger partial charge in [0, 0.05) is 0 Å². The summed E-state index contributed by atoms with van der Waals surface area (Å²) in [5.74, 6) is 0. The van der Waals surface area contributed by atoms with Crippen molar-refractivity contribution in [3.05, 3.63) is 70.8 Å². The lowest BCUT2D eigenvalue weighted by Crippen LogP contribution is -1.87. The van der Waals surface area contributed by atoms with Crippen molar-refractivity contribution in [1.29, 1.82) is 0 Å². The topological polar surface area (TPSA) is 0 Å². The maximum absolute atomic E-state index is 2.20. The first-order chi connectivity index (χ1) is 10.6. The van der Waals surface area contributed by atoms with Gasteiger partial charge in [0.05, 0.1) is 0 Å². The fourth-order valence-electron chi connectivity index (χ4n) is 2.04. The Morgan fingerprint density at radius 1 is 0.500 bits per heavy atom. The van der Waals surface area contributed by atoms with E-state index in [0.717, 1.165) is 0 Å². The molecule has 0 heteroatoms. The zero-order valence-corrected chi connectivity index (χ0v) is 15.6. The zero-order valence-electron chi connectivity index (χ0n) is 15.6. The number of rotatable bonds is 2.